The zero-order valence-electron chi connectivity index (χ0n) is 9.11. The summed E-state index contributed by atoms with van der Waals surface area (Å²) in [5.74, 6) is -0.354. The van der Waals surface area contributed by atoms with Crippen LogP contribution in [0.2, 0.25) is 5.02 Å². The van der Waals surface area contributed by atoms with E-state index in [9.17, 15) is 4.39 Å². The summed E-state index contributed by atoms with van der Waals surface area (Å²) in [4.78, 5) is 0. The lowest BCUT2D eigenvalue weighted by atomic mass is 10.2. The maximum atomic E-state index is 12.9. The summed E-state index contributed by atoms with van der Waals surface area (Å²) in [5, 5.41) is 3.52. The minimum atomic E-state index is -0.354. The SMILES string of the molecule is Fc1ccc(CNCCCCCI)cc1Cl. The molecule has 1 aromatic carbocycles. The van der Waals surface area contributed by atoms with Gasteiger partial charge in [-0.05, 0) is 41.5 Å². The second kappa shape index (κ2) is 8.25. The van der Waals surface area contributed by atoms with Crippen LogP contribution < -0.4 is 5.32 Å². The van der Waals surface area contributed by atoms with Crippen molar-refractivity contribution in [2.75, 3.05) is 11.0 Å². The number of halogens is 3. The predicted octanol–water partition coefficient (Wildman–Crippen LogP) is 4.17. The van der Waals surface area contributed by atoms with Crippen LogP contribution in [0, 0.1) is 5.82 Å². The van der Waals surface area contributed by atoms with Gasteiger partial charge in [0.1, 0.15) is 5.82 Å². The number of nitrogens with one attached hydrogen (secondary N) is 1. The molecule has 1 aromatic rings. The van der Waals surface area contributed by atoms with E-state index in [1.807, 2.05) is 0 Å². The van der Waals surface area contributed by atoms with E-state index in [4.69, 9.17) is 11.6 Å². The Morgan fingerprint density at radius 2 is 2.06 bits per heavy atom. The quantitative estimate of drug-likeness (QED) is 0.440. The molecule has 1 nitrogen and oxygen atoms in total. The minimum absolute atomic E-state index is 0.198. The second-order valence-electron chi connectivity index (χ2n) is 3.67. The number of unbranched alkanes of at least 4 members (excludes halogenated alkanes) is 2. The van der Waals surface area contributed by atoms with Gasteiger partial charge in [-0.2, -0.15) is 0 Å². The van der Waals surface area contributed by atoms with Gasteiger partial charge in [-0.3, -0.25) is 0 Å². The van der Waals surface area contributed by atoms with Crippen molar-refractivity contribution >= 4 is 34.2 Å². The molecule has 1 N–H and O–H groups in total. The Bertz CT molecular complexity index is 320. The Balaban J connectivity index is 2.19. The third-order valence-electron chi connectivity index (χ3n) is 2.30. The molecule has 0 fully saturated rings. The van der Waals surface area contributed by atoms with Crippen molar-refractivity contribution in [3.05, 3.63) is 34.6 Å². The summed E-state index contributed by atoms with van der Waals surface area (Å²) in [6.45, 7) is 1.76. The molecule has 0 heterocycles. The third-order valence-corrected chi connectivity index (χ3v) is 3.35. The smallest absolute Gasteiger partial charge is 0.141 e. The van der Waals surface area contributed by atoms with E-state index in [-0.39, 0.29) is 10.8 Å². The van der Waals surface area contributed by atoms with Crippen molar-refractivity contribution in [2.45, 2.75) is 25.8 Å². The zero-order chi connectivity index (χ0) is 11.8. The van der Waals surface area contributed by atoms with Gasteiger partial charge in [0.15, 0.2) is 0 Å². The van der Waals surface area contributed by atoms with Gasteiger partial charge in [-0.1, -0.05) is 46.7 Å². The van der Waals surface area contributed by atoms with Crippen LogP contribution in [0.25, 0.3) is 0 Å². The fourth-order valence-electron chi connectivity index (χ4n) is 1.40. The van der Waals surface area contributed by atoms with Crippen LogP contribution >= 0.6 is 34.2 Å². The van der Waals surface area contributed by atoms with Gasteiger partial charge in [0, 0.05) is 6.54 Å². The highest BCUT2D eigenvalue weighted by Gasteiger charge is 2.00. The molecule has 1 rings (SSSR count). The maximum absolute atomic E-state index is 12.9. The van der Waals surface area contributed by atoms with Gasteiger partial charge in [0.25, 0.3) is 0 Å². The van der Waals surface area contributed by atoms with E-state index in [0.29, 0.717) is 0 Å². The number of hydrogen-bond acceptors (Lipinski definition) is 1. The summed E-state index contributed by atoms with van der Waals surface area (Å²) in [5.41, 5.74) is 1.03. The molecule has 0 unspecified atom stereocenters. The van der Waals surface area contributed by atoms with E-state index in [0.717, 1.165) is 18.7 Å². The first-order chi connectivity index (χ1) is 7.74. The molecule has 90 valence electrons. The molecule has 0 spiro atoms. The Morgan fingerprint density at radius 3 is 2.75 bits per heavy atom. The molecule has 0 aliphatic heterocycles. The second-order valence-corrected chi connectivity index (χ2v) is 5.16. The predicted molar refractivity (Wildman–Crippen MR) is 75.9 cm³/mol. The Morgan fingerprint density at radius 1 is 1.25 bits per heavy atom. The van der Waals surface area contributed by atoms with Gasteiger partial charge in [0.2, 0.25) is 0 Å². The lowest BCUT2D eigenvalue weighted by molar-refractivity contribution is 0.613. The lowest BCUT2D eigenvalue weighted by Crippen LogP contribution is -2.14. The van der Waals surface area contributed by atoms with Crippen LogP contribution in [0.1, 0.15) is 24.8 Å². The molecule has 0 aliphatic carbocycles. The molecule has 0 atom stereocenters. The van der Waals surface area contributed by atoms with Gasteiger partial charge in [-0.25, -0.2) is 4.39 Å². The van der Waals surface area contributed by atoms with Crippen LogP contribution in [0.15, 0.2) is 18.2 Å². The average Bonchev–Trinajstić information content (AvgIpc) is 2.28. The Hall–Kier alpha value is 0.130. The fourth-order valence-corrected chi connectivity index (χ4v) is 2.15. The highest BCUT2D eigenvalue weighted by molar-refractivity contribution is 14.1. The molecule has 16 heavy (non-hydrogen) atoms. The van der Waals surface area contributed by atoms with Crippen molar-refractivity contribution in [1.29, 1.82) is 0 Å². The molecule has 0 amide bonds. The Labute approximate surface area is 115 Å². The fraction of sp³-hybridized carbons (Fsp3) is 0.500. The van der Waals surface area contributed by atoms with Crippen molar-refractivity contribution in [3.8, 4) is 0 Å². The van der Waals surface area contributed by atoms with Gasteiger partial charge >= 0.3 is 0 Å². The first kappa shape index (κ1) is 14.2. The van der Waals surface area contributed by atoms with Crippen LogP contribution in [-0.4, -0.2) is 11.0 Å². The molecular weight excluding hydrogens is 339 g/mol. The highest BCUT2D eigenvalue weighted by Crippen LogP contribution is 2.15. The van der Waals surface area contributed by atoms with Crippen LogP contribution in [0.4, 0.5) is 4.39 Å². The van der Waals surface area contributed by atoms with Crippen LogP contribution in [-0.2, 0) is 6.54 Å². The van der Waals surface area contributed by atoms with Crippen LogP contribution in [0.5, 0.6) is 0 Å². The van der Waals surface area contributed by atoms with E-state index < -0.39 is 0 Å². The first-order valence-corrected chi connectivity index (χ1v) is 7.35. The maximum Gasteiger partial charge on any atom is 0.141 e. The van der Waals surface area contributed by atoms with E-state index in [1.54, 1.807) is 12.1 Å². The normalized spacial score (nSPS) is 10.7. The number of alkyl halides is 1. The van der Waals surface area contributed by atoms with E-state index >= 15 is 0 Å². The Kier molecular flexibility index (Phi) is 7.32. The van der Waals surface area contributed by atoms with E-state index in [2.05, 4.69) is 27.9 Å². The van der Waals surface area contributed by atoms with Crippen molar-refractivity contribution in [3.63, 3.8) is 0 Å². The average molecular weight is 356 g/mol. The molecule has 0 aromatic heterocycles. The standard InChI is InChI=1S/C12H16ClFIN/c13-11-8-10(4-5-12(11)14)9-16-7-3-1-2-6-15/h4-5,8,16H,1-3,6-7,9H2. The monoisotopic (exact) mass is 355 g/mol. The summed E-state index contributed by atoms with van der Waals surface area (Å²) in [6.07, 6.45) is 3.74. The molecule has 0 radical (unpaired) electrons. The van der Waals surface area contributed by atoms with Crippen LogP contribution in [0.3, 0.4) is 0 Å². The molecule has 4 heteroatoms. The third kappa shape index (κ3) is 5.46. The van der Waals surface area contributed by atoms with E-state index in [1.165, 1.54) is 29.8 Å². The largest absolute Gasteiger partial charge is 0.313 e. The van der Waals surface area contributed by atoms with Gasteiger partial charge in [-0.15, -0.1) is 0 Å². The number of hydrogen-bond donors (Lipinski definition) is 1. The number of benzene rings is 1. The van der Waals surface area contributed by atoms with Gasteiger partial charge in [0.05, 0.1) is 5.02 Å². The molecular formula is C12H16ClFIN. The minimum Gasteiger partial charge on any atom is -0.313 e. The number of rotatable bonds is 7. The molecule has 0 saturated carbocycles. The molecule has 0 saturated heterocycles. The summed E-state index contributed by atoms with van der Waals surface area (Å²) < 4.78 is 14.1. The first-order valence-electron chi connectivity index (χ1n) is 5.44. The zero-order valence-corrected chi connectivity index (χ0v) is 12.0. The lowest BCUT2D eigenvalue weighted by Gasteiger charge is -2.05. The molecule has 0 bridgehead atoms. The highest BCUT2D eigenvalue weighted by atomic mass is 127. The summed E-state index contributed by atoms with van der Waals surface area (Å²) in [7, 11) is 0. The van der Waals surface area contributed by atoms with Gasteiger partial charge < -0.3 is 5.32 Å². The van der Waals surface area contributed by atoms with Crippen molar-refractivity contribution < 1.29 is 4.39 Å². The van der Waals surface area contributed by atoms with Crippen molar-refractivity contribution in [2.24, 2.45) is 0 Å². The summed E-state index contributed by atoms with van der Waals surface area (Å²) >= 11 is 8.09. The topological polar surface area (TPSA) is 12.0 Å². The van der Waals surface area contributed by atoms with Crippen molar-refractivity contribution in [1.82, 2.24) is 5.32 Å². The molecule has 0 aliphatic rings. The summed E-state index contributed by atoms with van der Waals surface area (Å²) in [6, 6.07) is 4.85.